The number of benzene rings is 3. The molecule has 0 amide bonds. The number of hydrogen-bond acceptors (Lipinski definition) is 5. The van der Waals surface area contributed by atoms with E-state index in [1.165, 1.54) is 11.1 Å². The Bertz CT molecular complexity index is 1220. The highest BCUT2D eigenvalue weighted by molar-refractivity contribution is 5.90. The molecular weight excluding hydrogens is 418 g/mol. The number of nitrogens with zero attached hydrogens (tertiary/aromatic N) is 4. The lowest BCUT2D eigenvalue weighted by Gasteiger charge is -2.34. The van der Waals surface area contributed by atoms with Crippen LogP contribution in [-0.2, 0) is 6.42 Å². The average Bonchev–Trinajstić information content (AvgIpc) is 2.90. The average molecular weight is 450 g/mol. The second-order valence-electron chi connectivity index (χ2n) is 8.65. The summed E-state index contributed by atoms with van der Waals surface area (Å²) in [6.07, 6.45) is 5.42. The first-order valence-electron chi connectivity index (χ1n) is 12.1. The summed E-state index contributed by atoms with van der Waals surface area (Å²) in [5, 5.41) is 4.64. The molecular formula is C29H31N5. The zero-order chi connectivity index (χ0) is 23.0. The second-order valence-corrected chi connectivity index (χ2v) is 8.65. The SMILES string of the molecule is C(=C\c1ccccc1)/CN1CCN(c2nc(NCCc3ccccc3)c3ccccc3n2)CC1. The molecule has 5 rings (SSSR count). The first kappa shape index (κ1) is 22.1. The van der Waals surface area contributed by atoms with E-state index in [0.29, 0.717) is 0 Å². The van der Waals surface area contributed by atoms with E-state index >= 15 is 0 Å². The first-order chi connectivity index (χ1) is 16.8. The van der Waals surface area contributed by atoms with Crippen molar-refractivity contribution in [3.63, 3.8) is 0 Å². The smallest absolute Gasteiger partial charge is 0.227 e. The number of rotatable bonds is 8. The minimum absolute atomic E-state index is 0.820. The Morgan fingerprint density at radius 1 is 0.765 bits per heavy atom. The van der Waals surface area contributed by atoms with Gasteiger partial charge in [-0.1, -0.05) is 84.9 Å². The van der Waals surface area contributed by atoms with E-state index < -0.39 is 0 Å². The van der Waals surface area contributed by atoms with Crippen molar-refractivity contribution in [1.29, 1.82) is 0 Å². The Balaban J connectivity index is 1.22. The minimum atomic E-state index is 0.820. The molecule has 2 heterocycles. The highest BCUT2D eigenvalue weighted by Crippen LogP contribution is 2.24. The Morgan fingerprint density at radius 2 is 1.47 bits per heavy atom. The van der Waals surface area contributed by atoms with Gasteiger partial charge in [-0.15, -0.1) is 0 Å². The second kappa shape index (κ2) is 10.9. The maximum atomic E-state index is 4.95. The zero-order valence-corrected chi connectivity index (χ0v) is 19.5. The van der Waals surface area contributed by atoms with E-state index in [1.54, 1.807) is 0 Å². The van der Waals surface area contributed by atoms with Crippen molar-refractivity contribution < 1.29 is 0 Å². The summed E-state index contributed by atoms with van der Waals surface area (Å²) < 4.78 is 0. The van der Waals surface area contributed by atoms with Gasteiger partial charge in [0.1, 0.15) is 5.82 Å². The largest absolute Gasteiger partial charge is 0.369 e. The fourth-order valence-electron chi connectivity index (χ4n) is 4.34. The standard InChI is InChI=1S/C29H31N5/c1-3-10-24(11-4-1)14-9-19-33-20-22-34(23-21-33)29-31-27-16-8-7-15-26(27)28(32-29)30-18-17-25-12-5-2-6-13-25/h1-16H,17-23H2,(H,30,31,32)/b14-9+. The van der Waals surface area contributed by atoms with E-state index in [4.69, 9.17) is 9.97 Å². The third kappa shape index (κ3) is 5.61. The van der Waals surface area contributed by atoms with Crippen molar-refractivity contribution in [3.05, 3.63) is 102 Å². The molecule has 0 aliphatic carbocycles. The molecule has 0 spiro atoms. The molecule has 1 aliphatic rings. The zero-order valence-electron chi connectivity index (χ0n) is 19.5. The molecule has 1 aromatic heterocycles. The van der Waals surface area contributed by atoms with Crippen LogP contribution in [0.15, 0.2) is 91.0 Å². The van der Waals surface area contributed by atoms with Gasteiger partial charge in [-0.3, -0.25) is 4.90 Å². The summed E-state index contributed by atoms with van der Waals surface area (Å²) in [5.74, 6) is 1.74. The van der Waals surface area contributed by atoms with Crippen LogP contribution in [0.3, 0.4) is 0 Å². The Labute approximate surface area is 201 Å². The van der Waals surface area contributed by atoms with Crippen molar-refractivity contribution >= 4 is 28.7 Å². The van der Waals surface area contributed by atoms with Crippen molar-refractivity contribution in [3.8, 4) is 0 Å². The summed E-state index contributed by atoms with van der Waals surface area (Å²) in [4.78, 5) is 14.6. The summed E-state index contributed by atoms with van der Waals surface area (Å²) in [5.41, 5.74) is 3.56. The molecule has 3 aromatic carbocycles. The van der Waals surface area contributed by atoms with Crippen LogP contribution in [0.25, 0.3) is 17.0 Å². The van der Waals surface area contributed by atoms with Crippen LogP contribution in [0.5, 0.6) is 0 Å². The molecule has 34 heavy (non-hydrogen) atoms. The maximum Gasteiger partial charge on any atom is 0.227 e. The van der Waals surface area contributed by atoms with E-state index in [9.17, 15) is 0 Å². The van der Waals surface area contributed by atoms with Crippen molar-refractivity contribution in [1.82, 2.24) is 14.9 Å². The van der Waals surface area contributed by atoms with Gasteiger partial charge in [-0.05, 0) is 29.7 Å². The fraction of sp³-hybridized carbons (Fsp3) is 0.241. The molecule has 5 nitrogen and oxygen atoms in total. The molecule has 0 radical (unpaired) electrons. The lowest BCUT2D eigenvalue weighted by Crippen LogP contribution is -2.47. The Kier molecular flexibility index (Phi) is 7.12. The molecule has 1 fully saturated rings. The van der Waals surface area contributed by atoms with Crippen LogP contribution in [0.4, 0.5) is 11.8 Å². The number of nitrogens with one attached hydrogen (secondary N) is 1. The lowest BCUT2D eigenvalue weighted by atomic mass is 10.1. The predicted octanol–water partition coefficient (Wildman–Crippen LogP) is 5.12. The van der Waals surface area contributed by atoms with Crippen molar-refractivity contribution in [2.24, 2.45) is 0 Å². The molecule has 1 N–H and O–H groups in total. The number of anilines is 2. The molecule has 1 aliphatic heterocycles. The van der Waals surface area contributed by atoms with Crippen LogP contribution in [0.1, 0.15) is 11.1 Å². The van der Waals surface area contributed by atoms with Crippen LogP contribution in [0.2, 0.25) is 0 Å². The molecule has 0 atom stereocenters. The van der Waals surface area contributed by atoms with Gasteiger partial charge in [0.15, 0.2) is 0 Å². The predicted molar refractivity (Wildman–Crippen MR) is 142 cm³/mol. The summed E-state index contributed by atoms with van der Waals surface area (Å²) in [7, 11) is 0. The van der Waals surface area contributed by atoms with Gasteiger partial charge < -0.3 is 10.2 Å². The number of para-hydroxylation sites is 1. The first-order valence-corrected chi connectivity index (χ1v) is 12.1. The van der Waals surface area contributed by atoms with Crippen molar-refractivity contribution in [2.45, 2.75) is 6.42 Å². The molecule has 0 unspecified atom stereocenters. The number of piperazine rings is 1. The third-order valence-electron chi connectivity index (χ3n) is 6.27. The summed E-state index contributed by atoms with van der Waals surface area (Å²) in [6.45, 7) is 5.68. The monoisotopic (exact) mass is 449 g/mol. The van der Waals surface area contributed by atoms with Gasteiger partial charge in [0.2, 0.25) is 5.95 Å². The quantitative estimate of drug-likeness (QED) is 0.405. The Morgan fingerprint density at radius 3 is 2.26 bits per heavy atom. The number of aromatic nitrogens is 2. The highest BCUT2D eigenvalue weighted by Gasteiger charge is 2.19. The molecule has 172 valence electrons. The Hall–Kier alpha value is -3.70. The van der Waals surface area contributed by atoms with Gasteiger partial charge in [-0.25, -0.2) is 4.98 Å². The number of fused-ring (bicyclic) bond motifs is 1. The van der Waals surface area contributed by atoms with Crippen LogP contribution in [0, 0.1) is 0 Å². The lowest BCUT2D eigenvalue weighted by molar-refractivity contribution is 0.283. The maximum absolute atomic E-state index is 4.95. The summed E-state index contributed by atoms with van der Waals surface area (Å²) in [6, 6.07) is 29.3. The highest BCUT2D eigenvalue weighted by atomic mass is 15.3. The van der Waals surface area contributed by atoms with Gasteiger partial charge in [0.05, 0.1) is 5.52 Å². The molecule has 0 saturated carbocycles. The molecule has 0 bridgehead atoms. The topological polar surface area (TPSA) is 44.3 Å². The van der Waals surface area contributed by atoms with Crippen molar-refractivity contribution in [2.75, 3.05) is 49.5 Å². The molecule has 5 heteroatoms. The molecule has 1 saturated heterocycles. The summed E-state index contributed by atoms with van der Waals surface area (Å²) >= 11 is 0. The van der Waals surface area contributed by atoms with E-state index in [0.717, 1.165) is 68.4 Å². The van der Waals surface area contributed by atoms with Crippen LogP contribution < -0.4 is 10.2 Å². The van der Waals surface area contributed by atoms with Crippen LogP contribution in [-0.4, -0.2) is 54.1 Å². The number of hydrogen-bond donors (Lipinski definition) is 1. The van der Waals surface area contributed by atoms with Gasteiger partial charge in [0.25, 0.3) is 0 Å². The minimum Gasteiger partial charge on any atom is -0.369 e. The van der Waals surface area contributed by atoms with Gasteiger partial charge >= 0.3 is 0 Å². The van der Waals surface area contributed by atoms with Crippen LogP contribution >= 0.6 is 0 Å². The normalized spacial score (nSPS) is 14.6. The fourth-order valence-corrected chi connectivity index (χ4v) is 4.34. The third-order valence-corrected chi connectivity index (χ3v) is 6.27. The van der Waals surface area contributed by atoms with Gasteiger partial charge in [-0.2, -0.15) is 4.98 Å². The van der Waals surface area contributed by atoms with E-state index in [1.807, 2.05) is 6.07 Å². The van der Waals surface area contributed by atoms with E-state index in [2.05, 4.69) is 106 Å². The van der Waals surface area contributed by atoms with Gasteiger partial charge in [0, 0.05) is 44.7 Å². The van der Waals surface area contributed by atoms with E-state index in [-0.39, 0.29) is 0 Å². The molecule has 4 aromatic rings.